The number of aromatic nitrogens is 1. The van der Waals surface area contributed by atoms with E-state index in [4.69, 9.17) is 5.73 Å². The van der Waals surface area contributed by atoms with Gasteiger partial charge in [-0.05, 0) is 44.7 Å². The van der Waals surface area contributed by atoms with Crippen LogP contribution in [0.15, 0.2) is 6.07 Å². The second-order valence-corrected chi connectivity index (χ2v) is 3.93. The highest BCUT2D eigenvalue weighted by Gasteiger charge is 2.20. The molecular formula is C11H18N2. The molecule has 0 fully saturated rings. The van der Waals surface area contributed by atoms with Gasteiger partial charge < -0.3 is 10.3 Å². The number of hydrogen-bond acceptors (Lipinski definition) is 1. The molecule has 1 aliphatic rings. The molecule has 0 spiro atoms. The van der Waals surface area contributed by atoms with Crippen LogP contribution in [0.3, 0.4) is 0 Å². The average molecular weight is 178 g/mol. The second-order valence-electron chi connectivity index (χ2n) is 3.93. The lowest BCUT2D eigenvalue weighted by atomic mass is 9.93. The van der Waals surface area contributed by atoms with E-state index < -0.39 is 0 Å². The van der Waals surface area contributed by atoms with Crippen LogP contribution < -0.4 is 5.73 Å². The number of nitrogens with two attached hydrogens (primary N) is 1. The summed E-state index contributed by atoms with van der Waals surface area (Å²) in [5.41, 5.74) is 10.3. The van der Waals surface area contributed by atoms with E-state index in [2.05, 4.69) is 24.5 Å². The summed E-state index contributed by atoms with van der Waals surface area (Å²) >= 11 is 0. The van der Waals surface area contributed by atoms with Crippen LogP contribution in [-0.4, -0.2) is 4.57 Å². The molecule has 1 aromatic heterocycles. The first-order chi connectivity index (χ1) is 6.24. The Kier molecular flexibility index (Phi) is 2.16. The maximum absolute atomic E-state index is 6.07. The summed E-state index contributed by atoms with van der Waals surface area (Å²) in [6.07, 6.45) is 3.61. The predicted octanol–water partition coefficient (Wildman–Crippen LogP) is 2.15. The van der Waals surface area contributed by atoms with Gasteiger partial charge in [-0.3, -0.25) is 0 Å². The maximum Gasteiger partial charge on any atom is 0.0313 e. The van der Waals surface area contributed by atoms with E-state index in [1.54, 1.807) is 0 Å². The van der Waals surface area contributed by atoms with E-state index >= 15 is 0 Å². The fourth-order valence-corrected chi connectivity index (χ4v) is 2.44. The topological polar surface area (TPSA) is 30.9 Å². The molecule has 1 atom stereocenters. The lowest BCUT2D eigenvalue weighted by Crippen LogP contribution is -2.18. The molecule has 0 saturated heterocycles. The molecule has 0 radical (unpaired) electrons. The van der Waals surface area contributed by atoms with Crippen molar-refractivity contribution in [1.29, 1.82) is 0 Å². The summed E-state index contributed by atoms with van der Waals surface area (Å²) in [5, 5.41) is 0. The van der Waals surface area contributed by atoms with Crippen LogP contribution in [0.1, 0.15) is 42.8 Å². The standard InChI is InChI=1S/C11H18N2/c1-3-13-8(2)7-9-10(12)5-4-6-11(9)13/h7,10H,3-6,12H2,1-2H3/t10-/m0/s1. The summed E-state index contributed by atoms with van der Waals surface area (Å²) in [7, 11) is 0. The van der Waals surface area contributed by atoms with Crippen molar-refractivity contribution in [2.75, 3.05) is 0 Å². The fraction of sp³-hybridized carbons (Fsp3) is 0.636. The Bertz CT molecular complexity index is 312. The Morgan fingerprint density at radius 3 is 3.08 bits per heavy atom. The van der Waals surface area contributed by atoms with E-state index in [-0.39, 0.29) is 6.04 Å². The van der Waals surface area contributed by atoms with Gasteiger partial charge in [-0.15, -0.1) is 0 Å². The Balaban J connectivity index is 2.50. The van der Waals surface area contributed by atoms with Crippen molar-refractivity contribution in [2.24, 2.45) is 5.73 Å². The number of nitrogens with zero attached hydrogens (tertiary/aromatic N) is 1. The zero-order valence-corrected chi connectivity index (χ0v) is 8.51. The molecule has 2 N–H and O–H groups in total. The lowest BCUT2D eigenvalue weighted by Gasteiger charge is -2.20. The molecule has 72 valence electrons. The molecule has 1 aromatic rings. The van der Waals surface area contributed by atoms with E-state index in [0.29, 0.717) is 0 Å². The quantitative estimate of drug-likeness (QED) is 0.702. The molecule has 13 heavy (non-hydrogen) atoms. The molecule has 0 unspecified atom stereocenters. The van der Waals surface area contributed by atoms with E-state index in [1.807, 2.05) is 0 Å². The number of rotatable bonds is 1. The molecular weight excluding hydrogens is 160 g/mol. The van der Waals surface area contributed by atoms with E-state index in [0.717, 1.165) is 13.0 Å². The Hall–Kier alpha value is -0.760. The molecule has 1 aliphatic carbocycles. The molecule has 0 saturated carbocycles. The number of aryl methyl sites for hydroxylation is 1. The van der Waals surface area contributed by atoms with Gasteiger partial charge in [-0.25, -0.2) is 0 Å². The van der Waals surface area contributed by atoms with Gasteiger partial charge in [0.05, 0.1) is 0 Å². The van der Waals surface area contributed by atoms with Crippen molar-refractivity contribution < 1.29 is 0 Å². The van der Waals surface area contributed by atoms with E-state index in [9.17, 15) is 0 Å². The Morgan fingerprint density at radius 1 is 1.62 bits per heavy atom. The average Bonchev–Trinajstić information content (AvgIpc) is 2.43. The number of fused-ring (bicyclic) bond motifs is 1. The van der Waals surface area contributed by atoms with Crippen LogP contribution in [0, 0.1) is 6.92 Å². The smallest absolute Gasteiger partial charge is 0.0313 e. The molecule has 0 aliphatic heterocycles. The minimum atomic E-state index is 0.287. The highest BCUT2D eigenvalue weighted by molar-refractivity contribution is 5.32. The first-order valence-corrected chi connectivity index (χ1v) is 5.18. The van der Waals surface area contributed by atoms with Gasteiger partial charge in [0.25, 0.3) is 0 Å². The third-order valence-corrected chi connectivity index (χ3v) is 3.09. The van der Waals surface area contributed by atoms with Crippen LogP contribution in [0.2, 0.25) is 0 Å². The monoisotopic (exact) mass is 178 g/mol. The minimum absolute atomic E-state index is 0.287. The maximum atomic E-state index is 6.07. The summed E-state index contributed by atoms with van der Waals surface area (Å²) in [6, 6.07) is 2.55. The highest BCUT2D eigenvalue weighted by Crippen LogP contribution is 2.30. The third-order valence-electron chi connectivity index (χ3n) is 3.09. The van der Waals surface area contributed by atoms with Crippen molar-refractivity contribution in [3.8, 4) is 0 Å². The molecule has 1 heterocycles. The normalized spacial score (nSPS) is 21.6. The Morgan fingerprint density at radius 2 is 2.38 bits per heavy atom. The van der Waals surface area contributed by atoms with Crippen LogP contribution in [0.4, 0.5) is 0 Å². The first-order valence-electron chi connectivity index (χ1n) is 5.18. The van der Waals surface area contributed by atoms with Crippen LogP contribution in [0.25, 0.3) is 0 Å². The zero-order valence-electron chi connectivity index (χ0n) is 8.51. The molecule has 2 rings (SSSR count). The van der Waals surface area contributed by atoms with Gasteiger partial charge >= 0.3 is 0 Å². The van der Waals surface area contributed by atoms with Gasteiger partial charge in [0.2, 0.25) is 0 Å². The third kappa shape index (κ3) is 1.29. The van der Waals surface area contributed by atoms with Crippen molar-refractivity contribution >= 4 is 0 Å². The molecule has 2 nitrogen and oxygen atoms in total. The lowest BCUT2D eigenvalue weighted by molar-refractivity contribution is 0.543. The van der Waals surface area contributed by atoms with Gasteiger partial charge in [0.15, 0.2) is 0 Å². The van der Waals surface area contributed by atoms with Gasteiger partial charge in [-0.2, -0.15) is 0 Å². The van der Waals surface area contributed by atoms with Gasteiger partial charge in [-0.1, -0.05) is 0 Å². The molecule has 0 amide bonds. The largest absolute Gasteiger partial charge is 0.349 e. The predicted molar refractivity (Wildman–Crippen MR) is 54.7 cm³/mol. The minimum Gasteiger partial charge on any atom is -0.349 e. The summed E-state index contributed by atoms with van der Waals surface area (Å²) in [4.78, 5) is 0. The molecule has 0 aromatic carbocycles. The number of hydrogen-bond donors (Lipinski definition) is 1. The summed E-state index contributed by atoms with van der Waals surface area (Å²) < 4.78 is 2.40. The van der Waals surface area contributed by atoms with Crippen molar-refractivity contribution in [3.05, 3.63) is 23.0 Å². The zero-order chi connectivity index (χ0) is 9.42. The van der Waals surface area contributed by atoms with Gasteiger partial charge in [0, 0.05) is 24.0 Å². The highest BCUT2D eigenvalue weighted by atomic mass is 15.0. The summed E-state index contributed by atoms with van der Waals surface area (Å²) in [5.74, 6) is 0. The van der Waals surface area contributed by atoms with Crippen molar-refractivity contribution in [3.63, 3.8) is 0 Å². The van der Waals surface area contributed by atoms with Crippen molar-refractivity contribution in [1.82, 2.24) is 4.57 Å². The SMILES string of the molecule is CCn1c(C)cc2c1CCC[C@@H]2N. The van der Waals surface area contributed by atoms with Crippen LogP contribution in [-0.2, 0) is 13.0 Å². The van der Waals surface area contributed by atoms with Crippen LogP contribution >= 0.6 is 0 Å². The summed E-state index contributed by atoms with van der Waals surface area (Å²) in [6.45, 7) is 5.45. The van der Waals surface area contributed by atoms with Crippen LogP contribution in [0.5, 0.6) is 0 Å². The van der Waals surface area contributed by atoms with Crippen molar-refractivity contribution in [2.45, 2.75) is 45.7 Å². The molecule has 0 bridgehead atoms. The first kappa shape index (κ1) is 8.82. The molecule has 2 heteroatoms. The Labute approximate surface area is 79.7 Å². The van der Waals surface area contributed by atoms with Gasteiger partial charge in [0.1, 0.15) is 0 Å². The second kappa shape index (κ2) is 3.18. The van der Waals surface area contributed by atoms with E-state index in [1.165, 1.54) is 29.8 Å². The fourth-order valence-electron chi connectivity index (χ4n) is 2.44.